The molecule has 0 aliphatic heterocycles. The molecule has 3 rings (SSSR count). The van der Waals surface area contributed by atoms with Gasteiger partial charge in [0, 0.05) is 18.7 Å². The number of hydrogen-bond donors (Lipinski definition) is 2. The Morgan fingerprint density at radius 2 is 1.80 bits per heavy atom. The van der Waals surface area contributed by atoms with Crippen molar-refractivity contribution in [1.29, 1.82) is 0 Å². The third-order valence-corrected chi connectivity index (χ3v) is 4.54. The molecule has 8 heteroatoms. The highest BCUT2D eigenvalue weighted by Gasteiger charge is 2.16. The van der Waals surface area contributed by atoms with E-state index in [0.29, 0.717) is 11.6 Å². The molecular weight excluding hydrogens is 384 g/mol. The highest BCUT2D eigenvalue weighted by molar-refractivity contribution is 5.89. The van der Waals surface area contributed by atoms with E-state index in [9.17, 15) is 9.59 Å². The molecule has 2 aromatic carbocycles. The van der Waals surface area contributed by atoms with Crippen LogP contribution in [0.4, 0.5) is 0 Å². The Kier molecular flexibility index (Phi) is 6.79. The summed E-state index contributed by atoms with van der Waals surface area (Å²) >= 11 is 0. The van der Waals surface area contributed by atoms with Gasteiger partial charge < -0.3 is 19.9 Å². The van der Waals surface area contributed by atoms with Crippen LogP contribution in [0.15, 0.2) is 47.0 Å². The maximum absolute atomic E-state index is 12.1. The number of aromatic nitrogens is 2. The lowest BCUT2D eigenvalue weighted by Crippen LogP contribution is -2.36. The van der Waals surface area contributed by atoms with Crippen molar-refractivity contribution < 1.29 is 18.8 Å². The Morgan fingerprint density at radius 1 is 1.03 bits per heavy atom. The van der Waals surface area contributed by atoms with Crippen LogP contribution in [0.25, 0.3) is 11.4 Å². The van der Waals surface area contributed by atoms with E-state index in [-0.39, 0.29) is 31.5 Å². The van der Waals surface area contributed by atoms with Gasteiger partial charge in [0.05, 0.1) is 0 Å². The Balaban J connectivity index is 1.40. The lowest BCUT2D eigenvalue weighted by atomic mass is 10.1. The predicted octanol–water partition coefficient (Wildman–Crippen LogP) is 2.59. The predicted molar refractivity (Wildman–Crippen MR) is 111 cm³/mol. The molecule has 0 fully saturated rings. The lowest BCUT2D eigenvalue weighted by molar-refractivity contribution is -0.123. The number of carbonyl (C=O) groups excluding carboxylic acids is 2. The minimum Gasteiger partial charge on any atom is -0.483 e. The number of amides is 2. The first-order valence-electron chi connectivity index (χ1n) is 9.58. The minimum atomic E-state index is -0.498. The molecule has 0 spiro atoms. The van der Waals surface area contributed by atoms with Crippen molar-refractivity contribution in [3.8, 4) is 17.1 Å². The summed E-state index contributed by atoms with van der Waals surface area (Å²) in [6.45, 7) is 6.26. The molecule has 1 heterocycles. The summed E-state index contributed by atoms with van der Waals surface area (Å²) in [4.78, 5) is 28.2. The van der Waals surface area contributed by atoms with Crippen molar-refractivity contribution in [3.05, 3.63) is 65.0 Å². The zero-order valence-corrected chi connectivity index (χ0v) is 17.2. The molecule has 0 saturated carbocycles. The maximum atomic E-state index is 12.1. The number of hydrogen-bond acceptors (Lipinski definition) is 6. The first-order valence-corrected chi connectivity index (χ1v) is 9.58. The fraction of sp³-hybridized carbons (Fsp3) is 0.273. The molecule has 2 amide bonds. The molecule has 0 bridgehead atoms. The molecule has 0 saturated heterocycles. The third-order valence-electron chi connectivity index (χ3n) is 4.54. The summed E-state index contributed by atoms with van der Waals surface area (Å²) in [6, 6.07) is 13.3. The number of nitrogens with one attached hydrogen (secondary N) is 2. The van der Waals surface area contributed by atoms with Gasteiger partial charge in [0.1, 0.15) is 5.75 Å². The zero-order chi connectivity index (χ0) is 21.5. The SMILES string of the molecule is Cc1cccc(-c2noc(C(=O)NCCNC(=O)COc3cccc(C)c3C)n2)c1. The number of benzene rings is 2. The van der Waals surface area contributed by atoms with Crippen LogP contribution in [0.3, 0.4) is 0 Å². The minimum absolute atomic E-state index is 0.0955. The molecular formula is C22H24N4O4. The van der Waals surface area contributed by atoms with Crippen molar-refractivity contribution in [2.75, 3.05) is 19.7 Å². The van der Waals surface area contributed by atoms with Crippen molar-refractivity contribution >= 4 is 11.8 Å². The molecule has 3 aromatic rings. The standard InChI is InChI=1S/C22H24N4O4/c1-14-6-4-8-17(12-14)20-25-22(30-26-20)21(28)24-11-10-23-19(27)13-29-18-9-5-7-15(2)16(18)3/h4-9,12H,10-11,13H2,1-3H3,(H,23,27)(H,24,28). The van der Waals surface area contributed by atoms with Crippen molar-refractivity contribution in [1.82, 2.24) is 20.8 Å². The van der Waals surface area contributed by atoms with E-state index in [1.807, 2.05) is 63.2 Å². The van der Waals surface area contributed by atoms with Crippen molar-refractivity contribution in [2.24, 2.45) is 0 Å². The van der Waals surface area contributed by atoms with E-state index in [1.54, 1.807) is 0 Å². The topological polar surface area (TPSA) is 106 Å². The maximum Gasteiger partial charge on any atom is 0.316 e. The molecule has 0 radical (unpaired) electrons. The van der Waals surface area contributed by atoms with Gasteiger partial charge in [-0.2, -0.15) is 4.98 Å². The van der Waals surface area contributed by atoms with Crippen LogP contribution in [-0.4, -0.2) is 41.7 Å². The van der Waals surface area contributed by atoms with Gasteiger partial charge in [-0.05, 0) is 44.0 Å². The fourth-order valence-electron chi connectivity index (χ4n) is 2.75. The molecule has 1 aromatic heterocycles. The van der Waals surface area contributed by atoms with Crippen LogP contribution in [0.1, 0.15) is 27.4 Å². The second-order valence-electron chi connectivity index (χ2n) is 6.89. The van der Waals surface area contributed by atoms with Gasteiger partial charge in [-0.15, -0.1) is 0 Å². The third kappa shape index (κ3) is 5.44. The van der Waals surface area contributed by atoms with Crippen molar-refractivity contribution in [2.45, 2.75) is 20.8 Å². The zero-order valence-electron chi connectivity index (χ0n) is 17.2. The van der Waals surface area contributed by atoms with Gasteiger partial charge in [0.15, 0.2) is 6.61 Å². The highest BCUT2D eigenvalue weighted by atomic mass is 16.5. The second-order valence-corrected chi connectivity index (χ2v) is 6.89. The summed E-state index contributed by atoms with van der Waals surface area (Å²) in [5, 5.41) is 9.15. The number of rotatable bonds is 8. The van der Waals surface area contributed by atoms with Gasteiger partial charge in [0.25, 0.3) is 5.91 Å². The molecule has 30 heavy (non-hydrogen) atoms. The lowest BCUT2D eigenvalue weighted by Gasteiger charge is -2.11. The largest absolute Gasteiger partial charge is 0.483 e. The number of ether oxygens (including phenoxy) is 1. The van der Waals surface area contributed by atoms with Crippen LogP contribution in [0, 0.1) is 20.8 Å². The molecule has 0 atom stereocenters. The Bertz CT molecular complexity index is 1050. The average molecular weight is 408 g/mol. The number of nitrogens with zero attached hydrogens (tertiary/aromatic N) is 2. The molecule has 0 aliphatic carbocycles. The molecule has 8 nitrogen and oxygen atoms in total. The highest BCUT2D eigenvalue weighted by Crippen LogP contribution is 2.20. The Morgan fingerprint density at radius 3 is 2.60 bits per heavy atom. The summed E-state index contributed by atoms with van der Waals surface area (Å²) in [6.07, 6.45) is 0. The molecule has 2 N–H and O–H groups in total. The van der Waals surface area contributed by atoms with Crippen LogP contribution in [0.5, 0.6) is 5.75 Å². The van der Waals surface area contributed by atoms with E-state index >= 15 is 0 Å². The van der Waals surface area contributed by atoms with Gasteiger partial charge in [-0.3, -0.25) is 9.59 Å². The summed E-state index contributed by atoms with van der Waals surface area (Å²) in [5.41, 5.74) is 3.93. The van der Waals surface area contributed by atoms with Crippen LogP contribution in [0.2, 0.25) is 0 Å². The Labute approximate surface area is 174 Å². The van der Waals surface area contributed by atoms with E-state index < -0.39 is 5.91 Å². The fourth-order valence-corrected chi connectivity index (χ4v) is 2.75. The average Bonchev–Trinajstić information content (AvgIpc) is 3.22. The summed E-state index contributed by atoms with van der Waals surface area (Å²) in [5.74, 6) is 0.128. The van der Waals surface area contributed by atoms with Crippen LogP contribution < -0.4 is 15.4 Å². The second kappa shape index (κ2) is 9.69. The normalized spacial score (nSPS) is 10.5. The van der Waals surface area contributed by atoms with E-state index in [2.05, 4.69) is 20.8 Å². The quantitative estimate of drug-likeness (QED) is 0.555. The first-order chi connectivity index (χ1) is 14.4. The van der Waals surface area contributed by atoms with Crippen molar-refractivity contribution in [3.63, 3.8) is 0 Å². The summed E-state index contributed by atoms with van der Waals surface area (Å²) in [7, 11) is 0. The Hall–Kier alpha value is -3.68. The first kappa shape index (κ1) is 21.0. The monoisotopic (exact) mass is 408 g/mol. The number of aryl methyl sites for hydroxylation is 2. The molecule has 156 valence electrons. The molecule has 0 aliphatic rings. The van der Waals surface area contributed by atoms with Gasteiger partial charge >= 0.3 is 11.8 Å². The van der Waals surface area contributed by atoms with Gasteiger partial charge in [0.2, 0.25) is 5.82 Å². The number of carbonyl (C=O) groups is 2. The van der Waals surface area contributed by atoms with Crippen LogP contribution >= 0.6 is 0 Å². The van der Waals surface area contributed by atoms with Gasteiger partial charge in [-0.25, -0.2) is 0 Å². The van der Waals surface area contributed by atoms with E-state index in [4.69, 9.17) is 9.26 Å². The van der Waals surface area contributed by atoms with Crippen LogP contribution in [-0.2, 0) is 4.79 Å². The molecule has 0 unspecified atom stereocenters. The van der Waals surface area contributed by atoms with Gasteiger partial charge in [-0.1, -0.05) is 41.1 Å². The van der Waals surface area contributed by atoms with E-state index in [1.165, 1.54) is 0 Å². The smallest absolute Gasteiger partial charge is 0.316 e. The van der Waals surface area contributed by atoms with E-state index in [0.717, 1.165) is 22.3 Å². The summed E-state index contributed by atoms with van der Waals surface area (Å²) < 4.78 is 10.6.